The minimum absolute atomic E-state index is 0.155. The molecule has 0 aliphatic carbocycles. The van der Waals surface area contributed by atoms with E-state index in [1.54, 1.807) is 24.3 Å². The highest BCUT2D eigenvalue weighted by Gasteiger charge is 2.41. The second kappa shape index (κ2) is 8.01. The highest BCUT2D eigenvalue weighted by molar-refractivity contribution is 6.29. The normalized spacial score (nSPS) is 16.6. The monoisotopic (exact) mass is 424 g/mol. The van der Waals surface area contributed by atoms with E-state index in [4.69, 9.17) is 16.4 Å². The van der Waals surface area contributed by atoms with Gasteiger partial charge in [-0.3, -0.25) is 14.5 Å². The molecule has 1 aromatic carbocycles. The van der Waals surface area contributed by atoms with Gasteiger partial charge in [-0.1, -0.05) is 36.7 Å². The molecule has 0 radical (unpaired) electrons. The molecule has 2 aromatic heterocycles. The molecule has 30 heavy (non-hydrogen) atoms. The molecule has 2 atom stereocenters. The molecular formula is C22H21ClN4O3. The van der Waals surface area contributed by atoms with Crippen molar-refractivity contribution in [3.05, 3.63) is 64.8 Å². The number of carbonyl (C=O) groups excluding carboxylic acids is 2. The molecule has 154 valence electrons. The van der Waals surface area contributed by atoms with Crippen LogP contribution < -0.4 is 4.90 Å². The average Bonchev–Trinajstić information content (AvgIpc) is 3.02. The smallest absolute Gasteiger partial charge is 0.262 e. The van der Waals surface area contributed by atoms with Crippen molar-refractivity contribution in [1.82, 2.24) is 15.0 Å². The molecule has 0 N–H and O–H groups in total. The first kappa shape index (κ1) is 20.3. The SMILES string of the molecule is CCC(C)N(OC1c2ccccc2C(=O)N1c1ccc2ccc(Cl)nc2n1)C(C)=O. The van der Waals surface area contributed by atoms with Crippen LogP contribution in [-0.4, -0.2) is 32.9 Å². The Bertz CT molecular complexity index is 1140. The number of rotatable bonds is 5. The minimum atomic E-state index is -0.823. The Balaban J connectivity index is 1.80. The van der Waals surface area contributed by atoms with Crippen LogP contribution in [0.25, 0.3) is 11.0 Å². The number of anilines is 1. The Morgan fingerprint density at radius 1 is 1.20 bits per heavy atom. The summed E-state index contributed by atoms with van der Waals surface area (Å²) in [6, 6.07) is 14.1. The van der Waals surface area contributed by atoms with Gasteiger partial charge in [0, 0.05) is 23.4 Å². The van der Waals surface area contributed by atoms with E-state index in [-0.39, 0.29) is 17.9 Å². The Labute approximate surface area is 179 Å². The minimum Gasteiger partial charge on any atom is -0.273 e. The van der Waals surface area contributed by atoms with Crippen LogP contribution >= 0.6 is 11.6 Å². The van der Waals surface area contributed by atoms with E-state index in [1.165, 1.54) is 16.9 Å². The molecule has 0 saturated carbocycles. The van der Waals surface area contributed by atoms with E-state index in [9.17, 15) is 9.59 Å². The number of carbonyl (C=O) groups is 2. The second-order valence-corrected chi connectivity index (χ2v) is 7.56. The summed E-state index contributed by atoms with van der Waals surface area (Å²) in [7, 11) is 0. The highest BCUT2D eigenvalue weighted by atomic mass is 35.5. The van der Waals surface area contributed by atoms with Gasteiger partial charge in [-0.2, -0.15) is 0 Å². The zero-order valence-corrected chi connectivity index (χ0v) is 17.6. The molecule has 8 heteroatoms. The number of hydrogen-bond acceptors (Lipinski definition) is 5. The predicted octanol–water partition coefficient (Wildman–Crippen LogP) is 4.52. The average molecular weight is 425 g/mol. The molecule has 0 saturated heterocycles. The lowest BCUT2D eigenvalue weighted by atomic mass is 10.1. The predicted molar refractivity (Wildman–Crippen MR) is 114 cm³/mol. The van der Waals surface area contributed by atoms with Crippen molar-refractivity contribution in [2.24, 2.45) is 0 Å². The molecule has 0 bridgehead atoms. The van der Waals surface area contributed by atoms with Gasteiger partial charge in [-0.25, -0.2) is 19.9 Å². The van der Waals surface area contributed by atoms with Crippen molar-refractivity contribution in [1.29, 1.82) is 0 Å². The molecule has 7 nitrogen and oxygen atoms in total. The molecule has 1 aliphatic heterocycles. The Hall–Kier alpha value is -3.03. The maximum absolute atomic E-state index is 13.3. The first-order valence-corrected chi connectivity index (χ1v) is 10.1. The van der Waals surface area contributed by atoms with Crippen molar-refractivity contribution in [2.45, 2.75) is 39.5 Å². The lowest BCUT2D eigenvalue weighted by Crippen LogP contribution is -2.41. The van der Waals surface area contributed by atoms with Crippen LogP contribution in [-0.2, 0) is 9.63 Å². The third-order valence-electron chi connectivity index (χ3n) is 5.18. The van der Waals surface area contributed by atoms with E-state index in [1.807, 2.05) is 38.1 Å². The maximum Gasteiger partial charge on any atom is 0.262 e. The molecule has 0 spiro atoms. The number of amides is 2. The van der Waals surface area contributed by atoms with Crippen molar-refractivity contribution >= 4 is 40.3 Å². The van der Waals surface area contributed by atoms with Gasteiger partial charge in [0.1, 0.15) is 11.0 Å². The van der Waals surface area contributed by atoms with E-state index in [0.717, 1.165) is 5.39 Å². The van der Waals surface area contributed by atoms with E-state index in [0.29, 0.717) is 34.2 Å². The van der Waals surface area contributed by atoms with Gasteiger partial charge >= 0.3 is 0 Å². The summed E-state index contributed by atoms with van der Waals surface area (Å²) < 4.78 is 0. The molecule has 1 aliphatic rings. The molecule has 3 aromatic rings. The first-order chi connectivity index (χ1) is 14.4. The molecule has 4 rings (SSSR count). The fraction of sp³-hybridized carbons (Fsp3) is 0.273. The summed E-state index contributed by atoms with van der Waals surface area (Å²) in [5.74, 6) is -0.116. The first-order valence-electron chi connectivity index (χ1n) is 9.73. The fourth-order valence-electron chi connectivity index (χ4n) is 3.47. The van der Waals surface area contributed by atoms with E-state index in [2.05, 4.69) is 9.97 Å². The molecule has 2 unspecified atom stereocenters. The lowest BCUT2D eigenvalue weighted by molar-refractivity contribution is -0.218. The number of halogens is 1. The number of hydrogen-bond donors (Lipinski definition) is 0. The summed E-state index contributed by atoms with van der Waals surface area (Å²) in [6.45, 7) is 5.31. The molecule has 0 fully saturated rings. The van der Waals surface area contributed by atoms with Crippen LogP contribution in [0.1, 0.15) is 49.3 Å². The largest absolute Gasteiger partial charge is 0.273 e. The van der Waals surface area contributed by atoms with Gasteiger partial charge in [0.05, 0.1) is 6.04 Å². The quantitative estimate of drug-likeness (QED) is 0.444. The molecular weight excluding hydrogens is 404 g/mol. The van der Waals surface area contributed by atoms with Crippen molar-refractivity contribution < 1.29 is 14.4 Å². The van der Waals surface area contributed by atoms with Crippen molar-refractivity contribution in [3.8, 4) is 0 Å². The third-order valence-corrected chi connectivity index (χ3v) is 5.39. The number of hydroxylamine groups is 2. The van der Waals surface area contributed by atoms with Crippen molar-refractivity contribution in [2.75, 3.05) is 4.90 Å². The number of aromatic nitrogens is 2. The summed E-state index contributed by atoms with van der Waals surface area (Å²) >= 11 is 6.02. The van der Waals surface area contributed by atoms with Crippen LogP contribution in [0.4, 0.5) is 5.82 Å². The highest BCUT2D eigenvalue weighted by Crippen LogP contribution is 2.38. The van der Waals surface area contributed by atoms with E-state index >= 15 is 0 Å². The van der Waals surface area contributed by atoms with Gasteiger partial charge in [-0.15, -0.1) is 0 Å². The van der Waals surface area contributed by atoms with Gasteiger partial charge in [-0.05, 0) is 43.7 Å². The Kier molecular flexibility index (Phi) is 5.40. The van der Waals surface area contributed by atoms with Gasteiger partial charge < -0.3 is 0 Å². The maximum atomic E-state index is 13.3. The van der Waals surface area contributed by atoms with Crippen LogP contribution in [0.2, 0.25) is 5.15 Å². The number of benzene rings is 1. The zero-order valence-electron chi connectivity index (χ0n) is 16.9. The summed E-state index contributed by atoms with van der Waals surface area (Å²) in [4.78, 5) is 41.9. The number of fused-ring (bicyclic) bond motifs is 2. The van der Waals surface area contributed by atoms with Crippen LogP contribution in [0.3, 0.4) is 0 Å². The number of nitrogens with zero attached hydrogens (tertiary/aromatic N) is 4. The third kappa shape index (κ3) is 3.51. The summed E-state index contributed by atoms with van der Waals surface area (Å²) in [5, 5.41) is 2.44. The van der Waals surface area contributed by atoms with Crippen LogP contribution in [0, 0.1) is 0 Å². The lowest BCUT2D eigenvalue weighted by Gasteiger charge is -2.32. The van der Waals surface area contributed by atoms with Gasteiger partial charge in [0.15, 0.2) is 11.9 Å². The molecule has 3 heterocycles. The Morgan fingerprint density at radius 2 is 1.93 bits per heavy atom. The molecule has 2 amide bonds. The Morgan fingerprint density at radius 3 is 2.67 bits per heavy atom. The number of pyridine rings is 2. The van der Waals surface area contributed by atoms with Crippen LogP contribution in [0.5, 0.6) is 0 Å². The van der Waals surface area contributed by atoms with Gasteiger partial charge in [0.25, 0.3) is 5.91 Å². The van der Waals surface area contributed by atoms with Crippen LogP contribution in [0.15, 0.2) is 48.5 Å². The topological polar surface area (TPSA) is 75.6 Å². The fourth-order valence-corrected chi connectivity index (χ4v) is 3.62. The van der Waals surface area contributed by atoms with E-state index < -0.39 is 6.23 Å². The summed E-state index contributed by atoms with van der Waals surface area (Å²) in [5.41, 5.74) is 1.61. The van der Waals surface area contributed by atoms with Gasteiger partial charge in [0.2, 0.25) is 5.91 Å². The standard InChI is InChI=1S/C22H21ClN4O3/c1-4-13(2)27(14(3)28)30-22-17-8-6-5-7-16(17)21(29)26(22)19-12-10-15-9-11-18(23)24-20(15)25-19/h5-13,22H,4H2,1-3H3. The second-order valence-electron chi connectivity index (χ2n) is 7.17. The summed E-state index contributed by atoms with van der Waals surface area (Å²) in [6.07, 6.45) is -0.117. The zero-order chi connectivity index (χ0) is 21.4. The van der Waals surface area contributed by atoms with Crippen molar-refractivity contribution in [3.63, 3.8) is 0 Å².